The lowest BCUT2D eigenvalue weighted by Gasteiger charge is -2.19. The molecule has 0 saturated heterocycles. The molecule has 3 rings (SSSR count). The van der Waals surface area contributed by atoms with E-state index in [-0.39, 0.29) is 5.54 Å². The average molecular weight is 247 g/mol. The number of hydrogen-bond acceptors (Lipinski definition) is 1. The van der Waals surface area contributed by atoms with Gasteiger partial charge in [0, 0.05) is 0 Å². The fraction of sp³-hybridized carbons (Fsp3) is 0.167. The summed E-state index contributed by atoms with van der Waals surface area (Å²) in [6.45, 7) is 4.34. The molecule has 2 aromatic rings. The van der Waals surface area contributed by atoms with Crippen LogP contribution in [0.5, 0.6) is 0 Å². The van der Waals surface area contributed by atoms with Gasteiger partial charge in [0.2, 0.25) is 0 Å². The molecule has 0 radical (unpaired) electrons. The molecule has 0 amide bonds. The van der Waals surface area contributed by atoms with Crippen LogP contribution in [0, 0.1) is 0 Å². The summed E-state index contributed by atoms with van der Waals surface area (Å²) in [6.07, 6.45) is 2.21. The smallest absolute Gasteiger partial charge is 0.0814 e. The third-order valence-electron chi connectivity index (χ3n) is 3.49. The highest BCUT2D eigenvalue weighted by Crippen LogP contribution is 2.35. The van der Waals surface area contributed by atoms with E-state index in [2.05, 4.69) is 68.5 Å². The maximum Gasteiger partial charge on any atom is 0.0814 e. The quantitative estimate of drug-likeness (QED) is 0.748. The minimum Gasteiger partial charge on any atom is -0.274 e. The van der Waals surface area contributed by atoms with Crippen LogP contribution < -0.4 is 0 Å². The summed E-state index contributed by atoms with van der Waals surface area (Å²) in [4.78, 5) is 4.87. The summed E-state index contributed by atoms with van der Waals surface area (Å²) >= 11 is 0. The molecule has 1 heterocycles. The SMILES string of the molecule is CC1(C)N=C(c2ccccc2)C=C1c1ccccc1. The topological polar surface area (TPSA) is 12.4 Å². The van der Waals surface area contributed by atoms with Gasteiger partial charge in [0.15, 0.2) is 0 Å². The molecule has 2 aromatic carbocycles. The Hall–Kier alpha value is -2.15. The minimum atomic E-state index is -0.160. The van der Waals surface area contributed by atoms with Crippen LogP contribution >= 0.6 is 0 Å². The van der Waals surface area contributed by atoms with Crippen LogP contribution in [-0.4, -0.2) is 11.3 Å². The third-order valence-corrected chi connectivity index (χ3v) is 3.49. The van der Waals surface area contributed by atoms with Gasteiger partial charge < -0.3 is 0 Å². The number of aliphatic imine (C=N–C) groups is 1. The van der Waals surface area contributed by atoms with Gasteiger partial charge in [0.25, 0.3) is 0 Å². The number of nitrogens with zero attached hydrogens (tertiary/aromatic N) is 1. The van der Waals surface area contributed by atoms with Gasteiger partial charge in [-0.2, -0.15) is 0 Å². The average Bonchev–Trinajstić information content (AvgIpc) is 2.77. The summed E-state index contributed by atoms with van der Waals surface area (Å²) in [5, 5.41) is 0. The Morgan fingerprint density at radius 2 is 1.26 bits per heavy atom. The van der Waals surface area contributed by atoms with Gasteiger partial charge in [0.05, 0.1) is 11.3 Å². The van der Waals surface area contributed by atoms with Crippen molar-refractivity contribution in [2.24, 2.45) is 4.99 Å². The van der Waals surface area contributed by atoms with Crippen LogP contribution in [-0.2, 0) is 0 Å². The lowest BCUT2D eigenvalue weighted by molar-refractivity contribution is 0.689. The molecule has 0 aliphatic carbocycles. The second-order valence-corrected chi connectivity index (χ2v) is 5.35. The van der Waals surface area contributed by atoms with Crippen molar-refractivity contribution in [2.75, 3.05) is 0 Å². The zero-order valence-corrected chi connectivity index (χ0v) is 11.3. The standard InChI is InChI=1S/C18H17N/c1-18(2)16(14-9-5-3-6-10-14)13-17(19-18)15-11-7-4-8-12-15/h3-13H,1-2H3. The Kier molecular flexibility index (Phi) is 2.83. The highest BCUT2D eigenvalue weighted by atomic mass is 14.9. The molecule has 1 nitrogen and oxygen atoms in total. The lowest BCUT2D eigenvalue weighted by Crippen LogP contribution is -2.15. The molecule has 1 aliphatic heterocycles. The third kappa shape index (κ3) is 2.24. The Labute approximate surface area is 114 Å². The highest BCUT2D eigenvalue weighted by Gasteiger charge is 2.29. The van der Waals surface area contributed by atoms with Gasteiger partial charge >= 0.3 is 0 Å². The maximum atomic E-state index is 4.87. The normalized spacial score (nSPS) is 16.9. The second-order valence-electron chi connectivity index (χ2n) is 5.35. The first-order valence-electron chi connectivity index (χ1n) is 6.60. The van der Waals surface area contributed by atoms with Gasteiger partial charge in [0.1, 0.15) is 0 Å². The van der Waals surface area contributed by atoms with Gasteiger partial charge in [-0.25, -0.2) is 0 Å². The first-order valence-corrected chi connectivity index (χ1v) is 6.60. The van der Waals surface area contributed by atoms with Crippen molar-refractivity contribution in [1.82, 2.24) is 0 Å². The van der Waals surface area contributed by atoms with Crippen LogP contribution in [0.2, 0.25) is 0 Å². The van der Waals surface area contributed by atoms with E-state index in [1.165, 1.54) is 16.7 Å². The molecule has 1 heteroatoms. The molecule has 0 N–H and O–H groups in total. The summed E-state index contributed by atoms with van der Waals surface area (Å²) in [5.41, 5.74) is 4.63. The number of hydrogen-bond donors (Lipinski definition) is 0. The zero-order chi connectivity index (χ0) is 13.3. The highest BCUT2D eigenvalue weighted by molar-refractivity contribution is 6.16. The summed E-state index contributed by atoms with van der Waals surface area (Å²) in [7, 11) is 0. The van der Waals surface area contributed by atoms with Crippen LogP contribution in [0.1, 0.15) is 25.0 Å². The van der Waals surface area contributed by atoms with Crippen molar-refractivity contribution in [2.45, 2.75) is 19.4 Å². The van der Waals surface area contributed by atoms with E-state index in [1.807, 2.05) is 12.1 Å². The molecule has 19 heavy (non-hydrogen) atoms. The molecular weight excluding hydrogens is 230 g/mol. The van der Waals surface area contributed by atoms with E-state index < -0.39 is 0 Å². The monoisotopic (exact) mass is 247 g/mol. The Morgan fingerprint density at radius 1 is 0.737 bits per heavy atom. The molecule has 0 spiro atoms. The van der Waals surface area contributed by atoms with E-state index in [0.29, 0.717) is 0 Å². The summed E-state index contributed by atoms with van der Waals surface area (Å²) in [5.74, 6) is 0. The van der Waals surface area contributed by atoms with E-state index in [9.17, 15) is 0 Å². The number of allylic oxidation sites excluding steroid dienone is 1. The fourth-order valence-electron chi connectivity index (χ4n) is 2.52. The van der Waals surface area contributed by atoms with E-state index in [0.717, 1.165) is 5.71 Å². The van der Waals surface area contributed by atoms with Crippen LogP contribution in [0.4, 0.5) is 0 Å². The van der Waals surface area contributed by atoms with Gasteiger partial charge in [-0.15, -0.1) is 0 Å². The summed E-state index contributed by atoms with van der Waals surface area (Å²) < 4.78 is 0. The molecule has 94 valence electrons. The molecule has 0 bridgehead atoms. The lowest BCUT2D eigenvalue weighted by atomic mass is 9.90. The number of rotatable bonds is 2. The fourth-order valence-corrected chi connectivity index (χ4v) is 2.52. The molecule has 0 unspecified atom stereocenters. The van der Waals surface area contributed by atoms with E-state index in [4.69, 9.17) is 4.99 Å². The predicted octanol–water partition coefficient (Wildman–Crippen LogP) is 4.35. The van der Waals surface area contributed by atoms with Crippen LogP contribution in [0.25, 0.3) is 5.57 Å². The van der Waals surface area contributed by atoms with Crippen molar-refractivity contribution in [3.63, 3.8) is 0 Å². The van der Waals surface area contributed by atoms with E-state index in [1.54, 1.807) is 0 Å². The minimum absolute atomic E-state index is 0.160. The van der Waals surface area contributed by atoms with Gasteiger partial charge in [-0.1, -0.05) is 60.7 Å². The Morgan fingerprint density at radius 3 is 1.84 bits per heavy atom. The number of benzene rings is 2. The largest absolute Gasteiger partial charge is 0.274 e. The van der Waals surface area contributed by atoms with Crippen molar-refractivity contribution in [3.8, 4) is 0 Å². The molecule has 0 saturated carbocycles. The van der Waals surface area contributed by atoms with Crippen LogP contribution in [0.3, 0.4) is 0 Å². The van der Waals surface area contributed by atoms with Crippen molar-refractivity contribution < 1.29 is 0 Å². The van der Waals surface area contributed by atoms with Gasteiger partial charge in [-0.05, 0) is 36.6 Å². The Balaban J connectivity index is 2.05. The summed E-state index contributed by atoms with van der Waals surface area (Å²) in [6, 6.07) is 20.9. The molecule has 0 fully saturated rings. The molecule has 0 atom stereocenters. The second kappa shape index (κ2) is 4.51. The zero-order valence-electron chi connectivity index (χ0n) is 11.3. The predicted molar refractivity (Wildman–Crippen MR) is 81.5 cm³/mol. The van der Waals surface area contributed by atoms with Crippen LogP contribution in [0.15, 0.2) is 71.7 Å². The van der Waals surface area contributed by atoms with Crippen molar-refractivity contribution >= 4 is 11.3 Å². The molecule has 1 aliphatic rings. The molecular formula is C18H17N. The molecule has 0 aromatic heterocycles. The van der Waals surface area contributed by atoms with Crippen molar-refractivity contribution in [3.05, 3.63) is 77.9 Å². The first-order chi connectivity index (χ1) is 9.17. The van der Waals surface area contributed by atoms with Crippen molar-refractivity contribution in [1.29, 1.82) is 0 Å². The Bertz CT molecular complexity index is 634. The first kappa shape index (κ1) is 11.9. The van der Waals surface area contributed by atoms with Gasteiger partial charge in [-0.3, -0.25) is 4.99 Å². The maximum absolute atomic E-state index is 4.87. The van der Waals surface area contributed by atoms with E-state index >= 15 is 0 Å².